The van der Waals surface area contributed by atoms with E-state index in [1.54, 1.807) is 6.92 Å². The number of carbonyl (C=O) groups is 1. The van der Waals surface area contributed by atoms with Gasteiger partial charge in [-0.15, -0.1) is 0 Å². The molecule has 2 rings (SSSR count). The number of allylic oxidation sites excluding steroid dienone is 4. The standard InChI is InChI=1S/C15H22O/c1-11(16)15(4)9-7-12-6-5-8-14(2,3)13(12)10-15/h5-7,13H,8-10H2,1-4H3/t13-,15-/m1/s1. The molecule has 1 nitrogen and oxygen atoms in total. The van der Waals surface area contributed by atoms with Crippen molar-refractivity contribution < 1.29 is 4.79 Å². The molecule has 0 aromatic rings. The summed E-state index contributed by atoms with van der Waals surface area (Å²) < 4.78 is 0. The van der Waals surface area contributed by atoms with Crippen LogP contribution < -0.4 is 0 Å². The van der Waals surface area contributed by atoms with Gasteiger partial charge in [-0.05, 0) is 43.1 Å². The van der Waals surface area contributed by atoms with Gasteiger partial charge in [0.25, 0.3) is 0 Å². The van der Waals surface area contributed by atoms with E-state index >= 15 is 0 Å². The fourth-order valence-corrected chi connectivity index (χ4v) is 2.98. The van der Waals surface area contributed by atoms with Crippen molar-refractivity contribution in [1.29, 1.82) is 0 Å². The zero-order valence-electron chi connectivity index (χ0n) is 10.8. The molecule has 0 saturated carbocycles. The Hall–Kier alpha value is -0.850. The van der Waals surface area contributed by atoms with Gasteiger partial charge in [0.2, 0.25) is 0 Å². The third-order valence-corrected chi connectivity index (χ3v) is 4.59. The van der Waals surface area contributed by atoms with Crippen molar-refractivity contribution in [3.8, 4) is 0 Å². The average Bonchev–Trinajstić information content (AvgIpc) is 2.19. The zero-order chi connectivity index (χ0) is 12.0. The van der Waals surface area contributed by atoms with Crippen LogP contribution in [0.2, 0.25) is 0 Å². The Morgan fingerprint density at radius 2 is 2.00 bits per heavy atom. The van der Waals surface area contributed by atoms with Gasteiger partial charge in [0, 0.05) is 5.41 Å². The molecule has 0 unspecified atom stereocenters. The van der Waals surface area contributed by atoms with E-state index in [4.69, 9.17) is 0 Å². The second-order valence-corrected chi connectivity index (χ2v) is 6.38. The molecule has 0 bridgehead atoms. The van der Waals surface area contributed by atoms with Crippen molar-refractivity contribution in [2.24, 2.45) is 16.7 Å². The number of hydrogen-bond acceptors (Lipinski definition) is 1. The summed E-state index contributed by atoms with van der Waals surface area (Å²) in [5, 5.41) is 0. The second kappa shape index (κ2) is 3.58. The van der Waals surface area contributed by atoms with E-state index in [0.717, 1.165) is 19.3 Å². The van der Waals surface area contributed by atoms with Crippen molar-refractivity contribution in [3.05, 3.63) is 23.8 Å². The zero-order valence-corrected chi connectivity index (χ0v) is 10.8. The van der Waals surface area contributed by atoms with Crippen LogP contribution in [0.25, 0.3) is 0 Å². The normalized spacial score (nSPS) is 36.5. The molecule has 0 aromatic heterocycles. The Balaban J connectivity index is 2.35. The summed E-state index contributed by atoms with van der Waals surface area (Å²) in [7, 11) is 0. The van der Waals surface area contributed by atoms with Gasteiger partial charge in [-0.3, -0.25) is 4.79 Å². The third-order valence-electron chi connectivity index (χ3n) is 4.59. The fourth-order valence-electron chi connectivity index (χ4n) is 2.98. The van der Waals surface area contributed by atoms with E-state index in [0.29, 0.717) is 17.1 Å². The first-order valence-corrected chi connectivity index (χ1v) is 6.23. The Morgan fingerprint density at radius 1 is 1.31 bits per heavy atom. The SMILES string of the molecule is CC(=O)[C@]1(C)CC=C2C=CCC(C)(C)[C@@H]2C1. The topological polar surface area (TPSA) is 17.1 Å². The van der Waals surface area contributed by atoms with Gasteiger partial charge in [-0.2, -0.15) is 0 Å². The van der Waals surface area contributed by atoms with Crippen LogP contribution in [0.5, 0.6) is 0 Å². The lowest BCUT2D eigenvalue weighted by molar-refractivity contribution is -0.127. The molecule has 0 spiro atoms. The number of carbonyl (C=O) groups excluding carboxylic acids is 1. The Labute approximate surface area is 98.6 Å². The lowest BCUT2D eigenvalue weighted by Gasteiger charge is -2.45. The quantitative estimate of drug-likeness (QED) is 0.652. The van der Waals surface area contributed by atoms with E-state index in [-0.39, 0.29) is 5.41 Å². The molecular formula is C15H22O. The first-order valence-electron chi connectivity index (χ1n) is 6.23. The molecule has 2 aliphatic carbocycles. The number of ketones is 1. The minimum Gasteiger partial charge on any atom is -0.299 e. The lowest BCUT2D eigenvalue weighted by atomic mass is 9.59. The van der Waals surface area contributed by atoms with Crippen LogP contribution in [0.15, 0.2) is 23.8 Å². The van der Waals surface area contributed by atoms with E-state index in [2.05, 4.69) is 39.0 Å². The van der Waals surface area contributed by atoms with Gasteiger partial charge in [0.05, 0.1) is 0 Å². The van der Waals surface area contributed by atoms with Crippen molar-refractivity contribution in [2.45, 2.75) is 47.0 Å². The van der Waals surface area contributed by atoms with Gasteiger partial charge in [-0.1, -0.05) is 39.0 Å². The van der Waals surface area contributed by atoms with Crippen molar-refractivity contribution >= 4 is 5.78 Å². The summed E-state index contributed by atoms with van der Waals surface area (Å²) in [6, 6.07) is 0. The molecule has 88 valence electrons. The summed E-state index contributed by atoms with van der Waals surface area (Å²) in [6.07, 6.45) is 9.88. The maximum atomic E-state index is 11.8. The van der Waals surface area contributed by atoms with Crippen LogP contribution in [0.3, 0.4) is 0 Å². The van der Waals surface area contributed by atoms with Crippen LogP contribution in [0, 0.1) is 16.7 Å². The number of rotatable bonds is 1. The molecule has 1 heteroatoms. The maximum Gasteiger partial charge on any atom is 0.136 e. The monoisotopic (exact) mass is 218 g/mol. The highest BCUT2D eigenvalue weighted by molar-refractivity contribution is 5.82. The highest BCUT2D eigenvalue weighted by atomic mass is 16.1. The molecule has 0 saturated heterocycles. The van der Waals surface area contributed by atoms with Crippen LogP contribution in [0.4, 0.5) is 0 Å². The fraction of sp³-hybridized carbons (Fsp3) is 0.667. The second-order valence-electron chi connectivity index (χ2n) is 6.38. The van der Waals surface area contributed by atoms with Gasteiger partial charge in [0.1, 0.15) is 5.78 Å². The van der Waals surface area contributed by atoms with Crippen LogP contribution in [-0.4, -0.2) is 5.78 Å². The predicted molar refractivity (Wildman–Crippen MR) is 67.1 cm³/mol. The molecule has 0 aliphatic heterocycles. The number of Topliss-reactive ketones (excluding diaryl/α,β-unsaturated/α-hetero) is 1. The molecule has 0 N–H and O–H groups in total. The Bertz CT molecular complexity index is 373. The minimum atomic E-state index is -0.128. The molecule has 0 fully saturated rings. The van der Waals surface area contributed by atoms with E-state index < -0.39 is 0 Å². The minimum absolute atomic E-state index is 0.128. The van der Waals surface area contributed by atoms with Crippen molar-refractivity contribution in [2.75, 3.05) is 0 Å². The molecule has 16 heavy (non-hydrogen) atoms. The first kappa shape index (κ1) is 11.6. The third kappa shape index (κ3) is 1.77. The first-order chi connectivity index (χ1) is 7.35. The lowest BCUT2D eigenvalue weighted by Crippen LogP contribution is -2.38. The molecule has 2 atom stereocenters. The highest BCUT2D eigenvalue weighted by Gasteiger charge is 2.42. The van der Waals surface area contributed by atoms with Crippen LogP contribution in [-0.2, 0) is 4.79 Å². The van der Waals surface area contributed by atoms with Crippen LogP contribution >= 0.6 is 0 Å². The van der Waals surface area contributed by atoms with E-state index in [1.807, 2.05) is 0 Å². The summed E-state index contributed by atoms with van der Waals surface area (Å²) in [6.45, 7) is 8.50. The van der Waals surface area contributed by atoms with Gasteiger partial charge >= 0.3 is 0 Å². The number of fused-ring (bicyclic) bond motifs is 1. The molecule has 0 radical (unpaired) electrons. The van der Waals surface area contributed by atoms with Gasteiger partial charge in [-0.25, -0.2) is 0 Å². The largest absolute Gasteiger partial charge is 0.299 e. The van der Waals surface area contributed by atoms with Gasteiger partial charge in [0.15, 0.2) is 0 Å². The predicted octanol–water partition coefficient (Wildman–Crippen LogP) is 3.90. The molecular weight excluding hydrogens is 196 g/mol. The van der Waals surface area contributed by atoms with E-state index in [1.165, 1.54) is 5.57 Å². The molecule has 0 aromatic carbocycles. The molecule has 0 heterocycles. The maximum absolute atomic E-state index is 11.8. The smallest absolute Gasteiger partial charge is 0.136 e. The summed E-state index contributed by atoms with van der Waals surface area (Å²) >= 11 is 0. The summed E-state index contributed by atoms with van der Waals surface area (Å²) in [5.74, 6) is 0.897. The Morgan fingerprint density at radius 3 is 2.62 bits per heavy atom. The highest BCUT2D eigenvalue weighted by Crippen LogP contribution is 2.50. The van der Waals surface area contributed by atoms with Crippen molar-refractivity contribution in [3.63, 3.8) is 0 Å². The number of hydrogen-bond donors (Lipinski definition) is 0. The van der Waals surface area contributed by atoms with E-state index in [9.17, 15) is 4.79 Å². The van der Waals surface area contributed by atoms with Crippen molar-refractivity contribution in [1.82, 2.24) is 0 Å². The van der Waals surface area contributed by atoms with Gasteiger partial charge < -0.3 is 0 Å². The molecule has 2 aliphatic rings. The molecule has 0 amide bonds. The summed E-state index contributed by atoms with van der Waals surface area (Å²) in [4.78, 5) is 11.8. The summed E-state index contributed by atoms with van der Waals surface area (Å²) in [5.41, 5.74) is 1.63. The average molecular weight is 218 g/mol. The van der Waals surface area contributed by atoms with Crippen LogP contribution in [0.1, 0.15) is 47.0 Å². The Kier molecular flexibility index (Phi) is 2.60.